The molecule has 0 bridgehead atoms. The zero-order chi connectivity index (χ0) is 14.3. The average Bonchev–Trinajstić information content (AvgIpc) is 2.39. The summed E-state index contributed by atoms with van der Waals surface area (Å²) in [6.45, 7) is 0. The van der Waals surface area contributed by atoms with Gasteiger partial charge in [0.05, 0.1) is 11.1 Å². The molecule has 0 aliphatic carbocycles. The summed E-state index contributed by atoms with van der Waals surface area (Å²) in [6.07, 6.45) is 0. The van der Waals surface area contributed by atoms with E-state index in [1.165, 1.54) is 24.3 Å². The molecule has 1 aromatic heterocycles. The smallest absolute Gasteiger partial charge is 0.168 e. The number of rotatable bonds is 1. The Morgan fingerprint density at radius 3 is 2.30 bits per heavy atom. The van der Waals surface area contributed by atoms with Crippen LogP contribution in [-0.4, -0.2) is 9.97 Å². The number of fused-ring (bicyclic) bond motifs is 1. The highest BCUT2D eigenvalue weighted by molar-refractivity contribution is 5.89. The Hall–Kier alpha value is -2.63. The monoisotopic (exact) mass is 275 g/mol. The minimum Gasteiger partial charge on any atom is -0.383 e. The van der Waals surface area contributed by atoms with Gasteiger partial charge in [0, 0.05) is 5.39 Å². The minimum atomic E-state index is -0.786. The Bertz CT molecular complexity index is 798. The van der Waals surface area contributed by atoms with Crippen molar-refractivity contribution in [2.45, 2.75) is 0 Å². The second kappa shape index (κ2) is 4.48. The van der Waals surface area contributed by atoms with Crippen LogP contribution in [0.15, 0.2) is 36.4 Å². The van der Waals surface area contributed by atoms with Gasteiger partial charge in [0.25, 0.3) is 0 Å². The molecule has 0 spiro atoms. The normalized spacial score (nSPS) is 10.9. The van der Waals surface area contributed by atoms with Crippen molar-refractivity contribution < 1.29 is 13.2 Å². The lowest BCUT2D eigenvalue weighted by Crippen LogP contribution is -2.01. The predicted octanol–water partition coefficient (Wildman–Crippen LogP) is 3.30. The second-order valence-electron chi connectivity index (χ2n) is 4.19. The Kier molecular flexibility index (Phi) is 2.78. The van der Waals surface area contributed by atoms with Gasteiger partial charge in [-0.15, -0.1) is 0 Å². The van der Waals surface area contributed by atoms with Crippen molar-refractivity contribution in [3.8, 4) is 11.4 Å². The molecule has 0 radical (unpaired) electrons. The van der Waals surface area contributed by atoms with Gasteiger partial charge in [-0.25, -0.2) is 23.1 Å². The molecular formula is C14H8F3N3. The summed E-state index contributed by atoms with van der Waals surface area (Å²) in [7, 11) is 0. The first-order chi connectivity index (χ1) is 9.56. The van der Waals surface area contributed by atoms with Crippen LogP contribution in [0.25, 0.3) is 22.3 Å². The van der Waals surface area contributed by atoms with Crippen LogP contribution in [-0.2, 0) is 0 Å². The second-order valence-corrected chi connectivity index (χ2v) is 4.19. The SMILES string of the molecule is Nc1nc(-c2c(F)cccc2F)nc2ccc(F)cc12. The van der Waals surface area contributed by atoms with Crippen LogP contribution in [0.4, 0.5) is 19.0 Å². The maximum atomic E-state index is 13.7. The van der Waals surface area contributed by atoms with E-state index in [1.807, 2.05) is 0 Å². The van der Waals surface area contributed by atoms with Gasteiger partial charge in [0.1, 0.15) is 23.3 Å². The van der Waals surface area contributed by atoms with Gasteiger partial charge in [-0.05, 0) is 30.3 Å². The molecule has 2 N–H and O–H groups in total. The molecule has 0 amide bonds. The highest BCUT2D eigenvalue weighted by atomic mass is 19.1. The number of hydrogen-bond donors (Lipinski definition) is 1. The third-order valence-corrected chi connectivity index (χ3v) is 2.87. The number of nitrogens with two attached hydrogens (primary N) is 1. The molecule has 3 nitrogen and oxygen atoms in total. The summed E-state index contributed by atoms with van der Waals surface area (Å²) in [4.78, 5) is 7.89. The molecule has 0 unspecified atom stereocenters. The molecular weight excluding hydrogens is 267 g/mol. The van der Waals surface area contributed by atoms with Crippen LogP contribution >= 0.6 is 0 Å². The Labute approximate surface area is 111 Å². The van der Waals surface area contributed by atoms with Gasteiger partial charge in [0.15, 0.2) is 5.82 Å². The van der Waals surface area contributed by atoms with E-state index in [0.29, 0.717) is 10.9 Å². The van der Waals surface area contributed by atoms with Gasteiger partial charge in [-0.2, -0.15) is 0 Å². The number of anilines is 1. The Balaban J connectivity index is 2.31. The zero-order valence-electron chi connectivity index (χ0n) is 10.1. The first kappa shape index (κ1) is 12.4. The van der Waals surface area contributed by atoms with Crippen molar-refractivity contribution in [3.63, 3.8) is 0 Å². The van der Waals surface area contributed by atoms with E-state index in [-0.39, 0.29) is 17.2 Å². The maximum Gasteiger partial charge on any atom is 0.168 e. The average molecular weight is 275 g/mol. The van der Waals surface area contributed by atoms with E-state index in [9.17, 15) is 13.2 Å². The molecule has 6 heteroatoms. The molecule has 2 aromatic carbocycles. The molecule has 0 saturated carbocycles. The molecule has 3 rings (SSSR count). The summed E-state index contributed by atoms with van der Waals surface area (Å²) in [5.41, 5.74) is 5.66. The van der Waals surface area contributed by atoms with Crippen LogP contribution in [0.1, 0.15) is 0 Å². The van der Waals surface area contributed by atoms with Crippen LogP contribution in [0, 0.1) is 17.5 Å². The van der Waals surface area contributed by atoms with E-state index in [1.54, 1.807) is 0 Å². The van der Waals surface area contributed by atoms with Crippen LogP contribution in [0.3, 0.4) is 0 Å². The molecule has 0 saturated heterocycles. The highest BCUT2D eigenvalue weighted by Crippen LogP contribution is 2.27. The van der Waals surface area contributed by atoms with Crippen LogP contribution in [0.5, 0.6) is 0 Å². The number of nitrogen functional groups attached to an aromatic ring is 1. The first-order valence-electron chi connectivity index (χ1n) is 5.73. The highest BCUT2D eigenvalue weighted by Gasteiger charge is 2.16. The third-order valence-electron chi connectivity index (χ3n) is 2.87. The van der Waals surface area contributed by atoms with Crippen molar-refractivity contribution in [1.82, 2.24) is 9.97 Å². The number of benzene rings is 2. The summed E-state index contributed by atoms with van der Waals surface area (Å²) in [6, 6.07) is 7.20. The summed E-state index contributed by atoms with van der Waals surface area (Å²) in [5.74, 6) is -2.27. The lowest BCUT2D eigenvalue weighted by molar-refractivity contribution is 0.587. The van der Waals surface area contributed by atoms with Gasteiger partial charge in [-0.1, -0.05) is 6.07 Å². The molecule has 100 valence electrons. The first-order valence-corrected chi connectivity index (χ1v) is 5.73. The number of halogens is 3. The van der Waals surface area contributed by atoms with E-state index >= 15 is 0 Å². The minimum absolute atomic E-state index is 0.0350. The summed E-state index contributed by atoms with van der Waals surface area (Å²) < 4.78 is 40.6. The zero-order valence-corrected chi connectivity index (χ0v) is 10.1. The third kappa shape index (κ3) is 1.95. The van der Waals surface area contributed by atoms with Crippen molar-refractivity contribution in [2.24, 2.45) is 0 Å². The summed E-state index contributed by atoms with van der Waals surface area (Å²) in [5, 5.41) is 0.297. The molecule has 0 atom stereocenters. The van der Waals surface area contributed by atoms with Crippen molar-refractivity contribution >= 4 is 16.7 Å². The fourth-order valence-electron chi connectivity index (χ4n) is 1.95. The maximum absolute atomic E-state index is 13.7. The van der Waals surface area contributed by atoms with E-state index < -0.39 is 17.5 Å². The van der Waals surface area contributed by atoms with Gasteiger partial charge in [-0.3, -0.25) is 0 Å². The number of hydrogen-bond acceptors (Lipinski definition) is 3. The van der Waals surface area contributed by atoms with E-state index in [0.717, 1.165) is 12.1 Å². The van der Waals surface area contributed by atoms with E-state index in [4.69, 9.17) is 5.73 Å². The number of nitrogens with zero attached hydrogens (tertiary/aromatic N) is 2. The van der Waals surface area contributed by atoms with Crippen molar-refractivity contribution in [3.05, 3.63) is 53.8 Å². The molecule has 0 aliphatic heterocycles. The lowest BCUT2D eigenvalue weighted by atomic mass is 10.1. The molecule has 0 fully saturated rings. The fraction of sp³-hybridized carbons (Fsp3) is 0. The van der Waals surface area contributed by atoms with Crippen LogP contribution in [0.2, 0.25) is 0 Å². The van der Waals surface area contributed by atoms with Crippen molar-refractivity contribution in [2.75, 3.05) is 5.73 Å². The predicted molar refractivity (Wildman–Crippen MR) is 69.3 cm³/mol. The molecule has 0 aliphatic rings. The van der Waals surface area contributed by atoms with Gasteiger partial charge in [0.2, 0.25) is 0 Å². The lowest BCUT2D eigenvalue weighted by Gasteiger charge is -2.07. The van der Waals surface area contributed by atoms with Crippen LogP contribution < -0.4 is 5.73 Å². The fourth-order valence-corrected chi connectivity index (χ4v) is 1.95. The summed E-state index contributed by atoms with van der Waals surface area (Å²) >= 11 is 0. The number of aromatic nitrogens is 2. The topological polar surface area (TPSA) is 51.8 Å². The molecule has 1 heterocycles. The van der Waals surface area contributed by atoms with Gasteiger partial charge < -0.3 is 5.73 Å². The quantitative estimate of drug-likeness (QED) is 0.741. The largest absolute Gasteiger partial charge is 0.383 e. The molecule has 3 aromatic rings. The molecule has 20 heavy (non-hydrogen) atoms. The van der Waals surface area contributed by atoms with Crippen molar-refractivity contribution in [1.29, 1.82) is 0 Å². The Morgan fingerprint density at radius 2 is 1.60 bits per heavy atom. The van der Waals surface area contributed by atoms with E-state index in [2.05, 4.69) is 9.97 Å². The van der Waals surface area contributed by atoms with Gasteiger partial charge >= 0.3 is 0 Å². The standard InChI is InChI=1S/C14H8F3N3/c15-7-4-5-11-8(6-7)13(18)20-14(19-11)12-9(16)2-1-3-10(12)17/h1-6H,(H2,18,19,20). The Morgan fingerprint density at radius 1 is 0.900 bits per heavy atom.